The average Bonchev–Trinajstić information content (AvgIpc) is 2.54. The third kappa shape index (κ3) is 3.88. The largest absolute Gasteiger partial charge is 0.395 e. The van der Waals surface area contributed by atoms with Crippen LogP contribution in [0.4, 0.5) is 0 Å². The Labute approximate surface area is 130 Å². The highest BCUT2D eigenvalue weighted by Crippen LogP contribution is 2.32. The first-order valence-electron chi connectivity index (χ1n) is 7.17. The molecule has 0 heterocycles. The van der Waals surface area contributed by atoms with Gasteiger partial charge in [0.15, 0.2) is 0 Å². The lowest BCUT2D eigenvalue weighted by atomic mass is 9.77. The number of aliphatic hydroxyl groups is 2. The topological polar surface area (TPSA) is 40.5 Å². The van der Waals surface area contributed by atoms with Crippen molar-refractivity contribution in [2.75, 3.05) is 19.0 Å². The summed E-state index contributed by atoms with van der Waals surface area (Å²) in [6.45, 7) is 1.95. The van der Waals surface area contributed by atoms with Crippen LogP contribution in [0.3, 0.4) is 0 Å². The van der Waals surface area contributed by atoms with Gasteiger partial charge in [0.05, 0.1) is 13.2 Å². The molecule has 0 aliphatic heterocycles. The predicted molar refractivity (Wildman–Crippen MR) is 88.8 cm³/mol. The monoisotopic (exact) mass is 302 g/mol. The van der Waals surface area contributed by atoms with Crippen LogP contribution in [0, 0.1) is 6.92 Å². The van der Waals surface area contributed by atoms with Crippen LogP contribution in [0.5, 0.6) is 0 Å². The lowest BCUT2D eigenvalue weighted by Gasteiger charge is -2.31. The van der Waals surface area contributed by atoms with Gasteiger partial charge in [0.1, 0.15) is 0 Å². The van der Waals surface area contributed by atoms with Gasteiger partial charge in [-0.15, -0.1) is 11.8 Å². The normalized spacial score (nSPS) is 11.6. The van der Waals surface area contributed by atoms with Crippen molar-refractivity contribution in [1.82, 2.24) is 0 Å². The van der Waals surface area contributed by atoms with E-state index in [0.717, 1.165) is 23.3 Å². The molecule has 2 rings (SSSR count). The Morgan fingerprint density at radius 1 is 0.905 bits per heavy atom. The molecule has 0 aliphatic carbocycles. The standard InChI is InChI=1S/C18H22O2S/c1-15-7-5-6-10-17(15)18(13-19,14-20)11-12-21-16-8-3-2-4-9-16/h2-10,19-20H,11-14H2,1H3. The number of thioether (sulfide) groups is 1. The molecule has 2 nitrogen and oxygen atoms in total. The molecule has 0 radical (unpaired) electrons. The second kappa shape index (κ2) is 7.64. The molecule has 3 heteroatoms. The third-order valence-corrected chi connectivity index (χ3v) is 4.93. The molecule has 0 aliphatic rings. The fourth-order valence-electron chi connectivity index (χ4n) is 2.56. The van der Waals surface area contributed by atoms with Crippen molar-refractivity contribution in [3.63, 3.8) is 0 Å². The molecule has 2 N–H and O–H groups in total. The molecule has 2 aromatic rings. The summed E-state index contributed by atoms with van der Waals surface area (Å²) < 4.78 is 0. The van der Waals surface area contributed by atoms with E-state index >= 15 is 0 Å². The maximum atomic E-state index is 9.88. The Morgan fingerprint density at radius 2 is 1.52 bits per heavy atom. The predicted octanol–water partition coefficient (Wildman–Crippen LogP) is 3.40. The molecule has 0 atom stereocenters. The van der Waals surface area contributed by atoms with Gasteiger partial charge in [0, 0.05) is 10.3 Å². The molecule has 0 bridgehead atoms. The summed E-state index contributed by atoms with van der Waals surface area (Å²) in [5, 5.41) is 19.8. The minimum absolute atomic E-state index is 0.0380. The van der Waals surface area contributed by atoms with E-state index in [4.69, 9.17) is 0 Å². The van der Waals surface area contributed by atoms with Crippen LogP contribution in [0.2, 0.25) is 0 Å². The zero-order valence-electron chi connectivity index (χ0n) is 12.3. The molecule has 0 aromatic heterocycles. The zero-order valence-corrected chi connectivity index (χ0v) is 13.1. The number of aliphatic hydroxyl groups excluding tert-OH is 2. The van der Waals surface area contributed by atoms with Crippen LogP contribution < -0.4 is 0 Å². The lowest BCUT2D eigenvalue weighted by molar-refractivity contribution is 0.113. The van der Waals surface area contributed by atoms with E-state index in [1.807, 2.05) is 49.4 Å². The van der Waals surface area contributed by atoms with Gasteiger partial charge in [0.25, 0.3) is 0 Å². The Morgan fingerprint density at radius 3 is 2.14 bits per heavy atom. The Kier molecular flexibility index (Phi) is 5.85. The van der Waals surface area contributed by atoms with Gasteiger partial charge in [-0.1, -0.05) is 42.5 Å². The summed E-state index contributed by atoms with van der Waals surface area (Å²) >= 11 is 1.76. The fraction of sp³-hybridized carbons (Fsp3) is 0.333. The van der Waals surface area contributed by atoms with Crippen molar-refractivity contribution in [1.29, 1.82) is 0 Å². The van der Waals surface area contributed by atoms with Gasteiger partial charge in [-0.3, -0.25) is 0 Å². The van der Waals surface area contributed by atoms with Crippen molar-refractivity contribution >= 4 is 11.8 Å². The Bertz CT molecular complexity index is 550. The SMILES string of the molecule is Cc1ccccc1C(CO)(CO)CCSc1ccccc1. The minimum Gasteiger partial charge on any atom is -0.395 e. The van der Waals surface area contributed by atoms with Crippen molar-refractivity contribution in [3.05, 3.63) is 65.7 Å². The summed E-state index contributed by atoms with van der Waals surface area (Å²) in [6, 6.07) is 18.2. The highest BCUT2D eigenvalue weighted by Gasteiger charge is 2.31. The van der Waals surface area contributed by atoms with Gasteiger partial charge in [0.2, 0.25) is 0 Å². The van der Waals surface area contributed by atoms with Crippen molar-refractivity contribution < 1.29 is 10.2 Å². The molecule has 0 amide bonds. The number of aryl methyl sites for hydroxylation is 1. The van der Waals surface area contributed by atoms with Crippen molar-refractivity contribution in [2.24, 2.45) is 0 Å². The first-order valence-corrected chi connectivity index (χ1v) is 8.16. The second-order valence-corrected chi connectivity index (χ2v) is 6.49. The summed E-state index contributed by atoms with van der Waals surface area (Å²) in [5.41, 5.74) is 1.60. The van der Waals surface area contributed by atoms with Gasteiger partial charge < -0.3 is 10.2 Å². The van der Waals surface area contributed by atoms with Gasteiger partial charge >= 0.3 is 0 Å². The summed E-state index contributed by atoms with van der Waals surface area (Å²) in [5.74, 6) is 0.861. The molecule has 0 saturated heterocycles. The highest BCUT2D eigenvalue weighted by molar-refractivity contribution is 7.99. The zero-order chi connectivity index (χ0) is 15.1. The fourth-order valence-corrected chi connectivity index (χ4v) is 3.64. The second-order valence-electron chi connectivity index (χ2n) is 5.32. The van der Waals surface area contributed by atoms with Crippen LogP contribution in [0.1, 0.15) is 17.5 Å². The van der Waals surface area contributed by atoms with Gasteiger partial charge in [-0.2, -0.15) is 0 Å². The highest BCUT2D eigenvalue weighted by atomic mass is 32.2. The number of hydrogen-bond acceptors (Lipinski definition) is 3. The minimum atomic E-state index is -0.562. The Hall–Kier alpha value is -1.29. The molecule has 2 aromatic carbocycles. The quantitative estimate of drug-likeness (QED) is 0.770. The summed E-state index contributed by atoms with van der Waals surface area (Å²) in [6.07, 6.45) is 0.740. The molecule has 0 unspecified atom stereocenters. The van der Waals surface area contributed by atoms with Crippen molar-refractivity contribution in [3.8, 4) is 0 Å². The van der Waals surface area contributed by atoms with Crippen LogP contribution >= 0.6 is 11.8 Å². The number of rotatable bonds is 7. The average molecular weight is 302 g/mol. The maximum absolute atomic E-state index is 9.88. The molecule has 0 fully saturated rings. The van der Waals surface area contributed by atoms with Crippen LogP contribution in [-0.4, -0.2) is 29.2 Å². The molecule has 0 saturated carbocycles. The molecule has 21 heavy (non-hydrogen) atoms. The first kappa shape index (κ1) is 16.1. The molecular formula is C18H22O2S. The van der Waals surface area contributed by atoms with E-state index < -0.39 is 5.41 Å². The van der Waals surface area contributed by atoms with Gasteiger partial charge in [-0.25, -0.2) is 0 Å². The van der Waals surface area contributed by atoms with E-state index in [1.165, 1.54) is 4.90 Å². The van der Waals surface area contributed by atoms with E-state index in [-0.39, 0.29) is 13.2 Å². The van der Waals surface area contributed by atoms with Crippen LogP contribution in [-0.2, 0) is 5.41 Å². The molecular weight excluding hydrogens is 280 g/mol. The van der Waals surface area contributed by atoms with E-state index in [0.29, 0.717) is 0 Å². The smallest absolute Gasteiger partial charge is 0.0550 e. The maximum Gasteiger partial charge on any atom is 0.0550 e. The lowest BCUT2D eigenvalue weighted by Crippen LogP contribution is -2.36. The van der Waals surface area contributed by atoms with Crippen LogP contribution in [0.15, 0.2) is 59.5 Å². The first-order chi connectivity index (χ1) is 10.2. The number of hydrogen-bond donors (Lipinski definition) is 2. The van der Waals surface area contributed by atoms with Gasteiger partial charge in [-0.05, 0) is 42.4 Å². The summed E-state index contributed by atoms with van der Waals surface area (Å²) in [7, 11) is 0. The molecule has 112 valence electrons. The van der Waals surface area contributed by atoms with Crippen LogP contribution in [0.25, 0.3) is 0 Å². The van der Waals surface area contributed by atoms with E-state index in [9.17, 15) is 10.2 Å². The molecule has 0 spiro atoms. The summed E-state index contributed by atoms with van der Waals surface area (Å²) in [4.78, 5) is 1.21. The Balaban J connectivity index is 2.10. The van der Waals surface area contributed by atoms with Crippen molar-refractivity contribution in [2.45, 2.75) is 23.7 Å². The van der Waals surface area contributed by atoms with E-state index in [1.54, 1.807) is 11.8 Å². The number of benzene rings is 2. The third-order valence-electron chi connectivity index (χ3n) is 3.91. The van der Waals surface area contributed by atoms with E-state index in [2.05, 4.69) is 12.1 Å².